The van der Waals surface area contributed by atoms with Crippen LogP contribution in [-0.4, -0.2) is 23.0 Å². The van der Waals surface area contributed by atoms with Crippen molar-refractivity contribution in [3.05, 3.63) is 65.0 Å². The van der Waals surface area contributed by atoms with Crippen molar-refractivity contribution in [3.63, 3.8) is 0 Å². The van der Waals surface area contributed by atoms with Crippen LogP contribution in [-0.2, 0) is 17.3 Å². The van der Waals surface area contributed by atoms with Gasteiger partial charge in [0.05, 0.1) is 18.9 Å². The summed E-state index contributed by atoms with van der Waals surface area (Å²) in [5, 5.41) is 0. The number of cyclic esters (lactones) is 1. The summed E-state index contributed by atoms with van der Waals surface area (Å²) < 4.78 is 55.6. The summed E-state index contributed by atoms with van der Waals surface area (Å²) in [5.41, 5.74) is -0.390. The van der Waals surface area contributed by atoms with Crippen LogP contribution in [0, 0.1) is 0 Å². The number of carbonyl (C=O) groups is 1. The molecule has 1 unspecified atom stereocenters. The molecule has 0 amide bonds. The summed E-state index contributed by atoms with van der Waals surface area (Å²) in [7, 11) is 1.35. The SMILES string of the molecule is COc1nc(-c2ccco2)c2c(n1)C(Cc1ccccc1C(F)(F)F)OC2=O. The summed E-state index contributed by atoms with van der Waals surface area (Å²) in [5.74, 6) is -0.427. The van der Waals surface area contributed by atoms with Gasteiger partial charge in [-0.3, -0.25) is 0 Å². The molecule has 3 aromatic rings. The van der Waals surface area contributed by atoms with Crippen LogP contribution in [0.2, 0.25) is 0 Å². The van der Waals surface area contributed by atoms with E-state index in [-0.39, 0.29) is 34.9 Å². The average molecular weight is 390 g/mol. The van der Waals surface area contributed by atoms with Crippen LogP contribution >= 0.6 is 0 Å². The number of alkyl halides is 3. The molecule has 0 N–H and O–H groups in total. The van der Waals surface area contributed by atoms with Crippen LogP contribution in [0.15, 0.2) is 47.1 Å². The molecule has 0 fully saturated rings. The number of halogens is 3. The Morgan fingerprint density at radius 1 is 1.14 bits per heavy atom. The van der Waals surface area contributed by atoms with E-state index < -0.39 is 23.8 Å². The highest BCUT2D eigenvalue weighted by atomic mass is 19.4. The summed E-state index contributed by atoms with van der Waals surface area (Å²) in [6.45, 7) is 0. The molecule has 0 radical (unpaired) electrons. The van der Waals surface area contributed by atoms with Crippen molar-refractivity contribution in [2.24, 2.45) is 0 Å². The summed E-state index contributed by atoms with van der Waals surface area (Å²) in [4.78, 5) is 20.8. The third-order valence-electron chi connectivity index (χ3n) is 4.34. The summed E-state index contributed by atoms with van der Waals surface area (Å²) in [6, 6.07) is 8.31. The molecule has 1 aliphatic heterocycles. The Balaban J connectivity index is 1.79. The van der Waals surface area contributed by atoms with E-state index in [0.717, 1.165) is 6.07 Å². The van der Waals surface area contributed by atoms with Crippen LogP contribution in [0.4, 0.5) is 13.2 Å². The number of carbonyl (C=O) groups excluding carboxylic acids is 1. The lowest BCUT2D eigenvalue weighted by atomic mass is 9.98. The summed E-state index contributed by atoms with van der Waals surface area (Å²) in [6.07, 6.45) is -4.30. The Morgan fingerprint density at radius 2 is 1.93 bits per heavy atom. The molecule has 0 saturated carbocycles. The van der Waals surface area contributed by atoms with Crippen LogP contribution in [0.1, 0.15) is 33.3 Å². The number of hydrogen-bond donors (Lipinski definition) is 0. The number of esters is 1. The predicted molar refractivity (Wildman–Crippen MR) is 89.6 cm³/mol. The lowest BCUT2D eigenvalue weighted by Crippen LogP contribution is -2.12. The molecule has 1 aliphatic rings. The van der Waals surface area contributed by atoms with Gasteiger partial charge in [-0.1, -0.05) is 18.2 Å². The van der Waals surface area contributed by atoms with Crippen molar-refractivity contribution >= 4 is 5.97 Å². The Morgan fingerprint density at radius 3 is 2.61 bits per heavy atom. The normalized spacial score (nSPS) is 16.0. The standard InChI is InChI=1S/C19H13F3N2O4/c1-26-18-23-15(12-7-4-8-27-12)14-16(24-18)13(28-17(14)25)9-10-5-2-3-6-11(10)19(20,21)22/h2-8,13H,9H2,1H3. The second-order valence-corrected chi connectivity index (χ2v) is 6.05. The van der Waals surface area contributed by atoms with Crippen LogP contribution in [0.5, 0.6) is 6.01 Å². The Bertz CT molecular complexity index is 1030. The Labute approximate surface area is 156 Å². The third-order valence-corrected chi connectivity index (χ3v) is 4.34. The lowest BCUT2D eigenvalue weighted by Gasteiger charge is -2.15. The monoisotopic (exact) mass is 390 g/mol. The first kappa shape index (κ1) is 18.0. The first-order valence-electron chi connectivity index (χ1n) is 8.24. The second kappa shape index (κ2) is 6.66. The van der Waals surface area contributed by atoms with E-state index in [1.54, 1.807) is 12.1 Å². The van der Waals surface area contributed by atoms with E-state index in [4.69, 9.17) is 13.9 Å². The van der Waals surface area contributed by atoms with Crippen molar-refractivity contribution < 1.29 is 31.9 Å². The second-order valence-electron chi connectivity index (χ2n) is 6.05. The smallest absolute Gasteiger partial charge is 0.416 e. The van der Waals surface area contributed by atoms with E-state index in [1.807, 2.05) is 0 Å². The van der Waals surface area contributed by atoms with E-state index >= 15 is 0 Å². The molecule has 1 atom stereocenters. The molecule has 0 bridgehead atoms. The maximum Gasteiger partial charge on any atom is 0.416 e. The first-order chi connectivity index (χ1) is 13.4. The number of methoxy groups -OCH3 is 1. The number of ether oxygens (including phenoxy) is 2. The number of rotatable bonds is 4. The molecule has 3 heterocycles. The largest absolute Gasteiger partial charge is 0.467 e. The third kappa shape index (κ3) is 3.08. The molecule has 6 nitrogen and oxygen atoms in total. The maximum absolute atomic E-state index is 13.3. The molecule has 1 aromatic carbocycles. The first-order valence-corrected chi connectivity index (χ1v) is 8.24. The van der Waals surface area contributed by atoms with Gasteiger partial charge in [0.25, 0.3) is 0 Å². The van der Waals surface area contributed by atoms with Gasteiger partial charge in [0.2, 0.25) is 0 Å². The van der Waals surface area contributed by atoms with Gasteiger partial charge in [0.15, 0.2) is 5.76 Å². The fourth-order valence-electron chi connectivity index (χ4n) is 3.13. The Kier molecular flexibility index (Phi) is 4.29. The molecule has 0 spiro atoms. The van der Waals surface area contributed by atoms with Gasteiger partial charge in [0.1, 0.15) is 23.1 Å². The molecule has 144 valence electrons. The fourth-order valence-corrected chi connectivity index (χ4v) is 3.13. The van der Waals surface area contributed by atoms with Gasteiger partial charge < -0.3 is 13.9 Å². The van der Waals surface area contributed by atoms with Crippen molar-refractivity contribution in [3.8, 4) is 17.5 Å². The summed E-state index contributed by atoms with van der Waals surface area (Å²) >= 11 is 0. The predicted octanol–water partition coefficient (Wildman–Crippen LogP) is 4.22. The molecule has 0 aliphatic carbocycles. The van der Waals surface area contributed by atoms with Gasteiger partial charge in [-0.2, -0.15) is 23.1 Å². The molecule has 0 saturated heterocycles. The van der Waals surface area contributed by atoms with Gasteiger partial charge in [-0.25, -0.2) is 4.79 Å². The van der Waals surface area contributed by atoms with Crippen molar-refractivity contribution in [1.82, 2.24) is 9.97 Å². The van der Waals surface area contributed by atoms with Gasteiger partial charge in [-0.15, -0.1) is 0 Å². The highest BCUT2D eigenvalue weighted by molar-refractivity contribution is 5.99. The number of nitrogens with zero attached hydrogens (tertiary/aromatic N) is 2. The van der Waals surface area contributed by atoms with Gasteiger partial charge >= 0.3 is 18.2 Å². The maximum atomic E-state index is 13.3. The molecular weight excluding hydrogens is 377 g/mol. The minimum atomic E-state index is -4.52. The number of furan rings is 1. The quantitative estimate of drug-likeness (QED) is 0.621. The molecule has 4 rings (SSSR count). The van der Waals surface area contributed by atoms with Crippen LogP contribution in [0.3, 0.4) is 0 Å². The highest BCUT2D eigenvalue weighted by Crippen LogP contribution is 2.40. The Hall–Kier alpha value is -3.36. The lowest BCUT2D eigenvalue weighted by molar-refractivity contribution is -0.138. The molecule has 9 heteroatoms. The number of hydrogen-bond acceptors (Lipinski definition) is 6. The van der Waals surface area contributed by atoms with E-state index in [1.165, 1.54) is 31.6 Å². The van der Waals surface area contributed by atoms with Crippen LogP contribution in [0.25, 0.3) is 11.5 Å². The topological polar surface area (TPSA) is 74.5 Å². The van der Waals surface area contributed by atoms with Gasteiger partial charge in [-0.05, 0) is 23.8 Å². The van der Waals surface area contributed by atoms with Crippen molar-refractivity contribution in [2.75, 3.05) is 7.11 Å². The molecule has 2 aromatic heterocycles. The zero-order valence-corrected chi connectivity index (χ0v) is 14.5. The van der Waals surface area contributed by atoms with Crippen molar-refractivity contribution in [2.45, 2.75) is 18.7 Å². The molecular formula is C19H13F3N2O4. The zero-order chi connectivity index (χ0) is 19.9. The minimum absolute atomic E-state index is 0.00206. The fraction of sp³-hybridized carbons (Fsp3) is 0.211. The number of fused-ring (bicyclic) bond motifs is 1. The van der Waals surface area contributed by atoms with E-state index in [9.17, 15) is 18.0 Å². The average Bonchev–Trinajstić information content (AvgIpc) is 3.30. The van der Waals surface area contributed by atoms with Gasteiger partial charge in [0, 0.05) is 6.42 Å². The zero-order valence-electron chi connectivity index (χ0n) is 14.5. The minimum Gasteiger partial charge on any atom is -0.467 e. The number of benzene rings is 1. The van der Waals surface area contributed by atoms with Crippen molar-refractivity contribution in [1.29, 1.82) is 0 Å². The number of aromatic nitrogens is 2. The van der Waals surface area contributed by atoms with E-state index in [2.05, 4.69) is 9.97 Å². The van der Waals surface area contributed by atoms with Crippen LogP contribution < -0.4 is 4.74 Å². The van der Waals surface area contributed by atoms with E-state index in [0.29, 0.717) is 5.76 Å². The molecule has 28 heavy (non-hydrogen) atoms. The highest BCUT2D eigenvalue weighted by Gasteiger charge is 2.40.